The van der Waals surface area contributed by atoms with Crippen molar-refractivity contribution in [3.8, 4) is 0 Å². The first-order valence-corrected chi connectivity index (χ1v) is 6.79. The van der Waals surface area contributed by atoms with Gasteiger partial charge in [-0.15, -0.1) is 0 Å². The number of amides is 1. The Labute approximate surface area is 122 Å². The Balaban J connectivity index is 2.82. The monoisotopic (exact) mass is 295 g/mol. The van der Waals surface area contributed by atoms with Crippen molar-refractivity contribution in [2.45, 2.75) is 46.6 Å². The molecule has 0 aromatic carbocycles. The molecule has 21 heavy (non-hydrogen) atoms. The van der Waals surface area contributed by atoms with Crippen LogP contribution in [0.1, 0.15) is 37.2 Å². The van der Waals surface area contributed by atoms with Crippen LogP contribution in [0.4, 0.5) is 0 Å². The Bertz CT molecular complexity index is 566. The molecule has 1 aromatic heterocycles. The molecule has 0 bridgehead atoms. The Morgan fingerprint density at radius 3 is 2.43 bits per heavy atom. The second kappa shape index (κ2) is 7.01. The number of nitrogens with zero attached hydrogens (tertiary/aromatic N) is 1. The van der Waals surface area contributed by atoms with Gasteiger partial charge in [0, 0.05) is 17.0 Å². The van der Waals surface area contributed by atoms with Crippen LogP contribution < -0.4 is 11.0 Å². The number of carbonyl (C=O) groups is 2. The molecule has 0 saturated carbocycles. The SMILES string of the molecule is Cc1nc(=O)[nH]c(C)c1CC(=O)N[C@H](CC(C)C)C(=O)O. The summed E-state index contributed by atoms with van der Waals surface area (Å²) in [5.41, 5.74) is 1.19. The van der Waals surface area contributed by atoms with E-state index in [1.54, 1.807) is 13.8 Å². The summed E-state index contributed by atoms with van der Waals surface area (Å²) in [6, 6.07) is -0.908. The number of hydrogen-bond donors (Lipinski definition) is 3. The molecule has 0 aliphatic heterocycles. The van der Waals surface area contributed by atoms with Gasteiger partial charge in [-0.05, 0) is 26.2 Å². The van der Waals surface area contributed by atoms with Crippen LogP contribution in [0.15, 0.2) is 4.79 Å². The van der Waals surface area contributed by atoms with Crippen LogP contribution >= 0.6 is 0 Å². The van der Waals surface area contributed by atoms with Crippen LogP contribution in [0.5, 0.6) is 0 Å². The number of aliphatic carboxylic acids is 1. The molecule has 1 atom stereocenters. The van der Waals surface area contributed by atoms with Crippen molar-refractivity contribution in [2.75, 3.05) is 0 Å². The standard InChI is InChI=1S/C14H21N3O4/c1-7(2)5-11(13(19)20)17-12(18)6-10-8(3)15-14(21)16-9(10)4/h7,11H,5-6H2,1-4H3,(H,17,18)(H,19,20)(H,15,16,21)/t11-/m1/s1. The van der Waals surface area contributed by atoms with Gasteiger partial charge in [0.2, 0.25) is 5.91 Å². The van der Waals surface area contributed by atoms with Crippen molar-refractivity contribution in [3.63, 3.8) is 0 Å². The third-order valence-corrected chi connectivity index (χ3v) is 3.13. The summed E-state index contributed by atoms with van der Waals surface area (Å²) >= 11 is 0. The highest BCUT2D eigenvalue weighted by Gasteiger charge is 2.22. The van der Waals surface area contributed by atoms with Gasteiger partial charge in [0.1, 0.15) is 6.04 Å². The molecule has 0 saturated heterocycles. The summed E-state index contributed by atoms with van der Waals surface area (Å²) in [6.45, 7) is 7.11. The van der Waals surface area contributed by atoms with E-state index in [1.165, 1.54) is 0 Å². The van der Waals surface area contributed by atoms with Crippen molar-refractivity contribution >= 4 is 11.9 Å². The average molecular weight is 295 g/mol. The third kappa shape index (κ3) is 5.02. The van der Waals surface area contributed by atoms with Crippen LogP contribution in [0.3, 0.4) is 0 Å². The highest BCUT2D eigenvalue weighted by Crippen LogP contribution is 2.09. The lowest BCUT2D eigenvalue weighted by molar-refractivity contribution is -0.142. The van der Waals surface area contributed by atoms with Crippen molar-refractivity contribution < 1.29 is 14.7 Å². The molecule has 0 aliphatic rings. The highest BCUT2D eigenvalue weighted by molar-refractivity contribution is 5.85. The second-order valence-corrected chi connectivity index (χ2v) is 5.50. The molecule has 1 aromatic rings. The molecule has 1 heterocycles. The van der Waals surface area contributed by atoms with Crippen molar-refractivity contribution in [3.05, 3.63) is 27.4 Å². The van der Waals surface area contributed by atoms with E-state index in [2.05, 4.69) is 15.3 Å². The molecule has 116 valence electrons. The highest BCUT2D eigenvalue weighted by atomic mass is 16.4. The number of H-pyrrole nitrogens is 1. The van der Waals surface area contributed by atoms with Gasteiger partial charge in [-0.25, -0.2) is 9.59 Å². The first-order valence-electron chi connectivity index (χ1n) is 6.79. The molecule has 0 spiro atoms. The number of aromatic nitrogens is 2. The zero-order chi connectivity index (χ0) is 16.2. The Morgan fingerprint density at radius 1 is 1.33 bits per heavy atom. The smallest absolute Gasteiger partial charge is 0.345 e. The molecule has 3 N–H and O–H groups in total. The Hall–Kier alpha value is -2.18. The fourth-order valence-corrected chi connectivity index (χ4v) is 2.11. The van der Waals surface area contributed by atoms with Gasteiger partial charge in [-0.2, -0.15) is 4.98 Å². The quantitative estimate of drug-likeness (QED) is 0.709. The predicted octanol–water partition coefficient (Wildman–Crippen LogP) is 0.545. The summed E-state index contributed by atoms with van der Waals surface area (Å²) in [4.78, 5) is 40.6. The lowest BCUT2D eigenvalue weighted by atomic mass is 10.0. The van der Waals surface area contributed by atoms with Crippen molar-refractivity contribution in [2.24, 2.45) is 5.92 Å². The summed E-state index contributed by atoms with van der Waals surface area (Å²) in [5.74, 6) is -1.29. The van der Waals surface area contributed by atoms with E-state index in [0.717, 1.165) is 0 Å². The van der Waals surface area contributed by atoms with Gasteiger partial charge < -0.3 is 15.4 Å². The first-order chi connectivity index (χ1) is 9.70. The van der Waals surface area contributed by atoms with E-state index in [-0.39, 0.29) is 12.3 Å². The number of aromatic amines is 1. The van der Waals surface area contributed by atoms with E-state index >= 15 is 0 Å². The number of nitrogens with one attached hydrogen (secondary N) is 2. The Morgan fingerprint density at radius 2 is 1.95 bits per heavy atom. The van der Waals surface area contributed by atoms with Crippen molar-refractivity contribution in [1.29, 1.82) is 0 Å². The minimum atomic E-state index is -1.05. The lowest BCUT2D eigenvalue weighted by Gasteiger charge is -2.17. The maximum atomic E-state index is 12.0. The predicted molar refractivity (Wildman–Crippen MR) is 77.1 cm³/mol. The van der Waals surface area contributed by atoms with Crippen LogP contribution in [-0.2, 0) is 16.0 Å². The number of carbonyl (C=O) groups excluding carboxylic acids is 1. The average Bonchev–Trinajstić information content (AvgIpc) is 2.32. The summed E-state index contributed by atoms with van der Waals surface area (Å²) < 4.78 is 0. The van der Waals surface area contributed by atoms with Gasteiger partial charge in [-0.1, -0.05) is 13.8 Å². The summed E-state index contributed by atoms with van der Waals surface area (Å²) in [7, 11) is 0. The molecule has 0 unspecified atom stereocenters. The normalized spacial score (nSPS) is 12.2. The van der Waals surface area contributed by atoms with Crippen LogP contribution in [0.25, 0.3) is 0 Å². The fourth-order valence-electron chi connectivity index (χ4n) is 2.11. The zero-order valence-corrected chi connectivity index (χ0v) is 12.7. The van der Waals surface area contributed by atoms with Gasteiger partial charge in [-0.3, -0.25) is 4.79 Å². The van der Waals surface area contributed by atoms with E-state index in [1.807, 2.05) is 13.8 Å². The van der Waals surface area contributed by atoms with Gasteiger partial charge in [0.05, 0.1) is 6.42 Å². The molecule has 1 amide bonds. The van der Waals surface area contributed by atoms with Gasteiger partial charge >= 0.3 is 11.7 Å². The molecular weight excluding hydrogens is 274 g/mol. The van der Waals surface area contributed by atoms with Gasteiger partial charge in [0.15, 0.2) is 0 Å². The maximum Gasteiger partial charge on any atom is 0.345 e. The maximum absolute atomic E-state index is 12.0. The molecular formula is C14H21N3O4. The van der Waals surface area contributed by atoms with Crippen LogP contribution in [-0.4, -0.2) is 33.0 Å². The number of carboxylic acids is 1. The molecule has 7 heteroatoms. The fraction of sp³-hybridized carbons (Fsp3) is 0.571. The third-order valence-electron chi connectivity index (χ3n) is 3.13. The zero-order valence-electron chi connectivity index (χ0n) is 12.7. The number of carboxylic acid groups (broad SMARTS) is 1. The minimum absolute atomic E-state index is 0.0106. The van der Waals surface area contributed by atoms with Gasteiger partial charge in [0.25, 0.3) is 0 Å². The number of hydrogen-bond acceptors (Lipinski definition) is 4. The van der Waals surface area contributed by atoms with E-state index in [9.17, 15) is 14.4 Å². The second-order valence-electron chi connectivity index (χ2n) is 5.50. The number of aryl methyl sites for hydroxylation is 2. The molecule has 0 aliphatic carbocycles. The minimum Gasteiger partial charge on any atom is -0.480 e. The number of rotatable bonds is 6. The molecule has 1 rings (SSSR count). The summed E-state index contributed by atoms with van der Waals surface area (Å²) in [6.07, 6.45) is 0.353. The van der Waals surface area contributed by atoms with Crippen LogP contribution in [0.2, 0.25) is 0 Å². The van der Waals surface area contributed by atoms with Crippen LogP contribution in [0, 0.1) is 19.8 Å². The topological polar surface area (TPSA) is 112 Å². The molecule has 7 nitrogen and oxygen atoms in total. The molecule has 0 fully saturated rings. The van der Waals surface area contributed by atoms with E-state index < -0.39 is 23.6 Å². The first kappa shape index (κ1) is 16.9. The summed E-state index contributed by atoms with van der Waals surface area (Å²) in [5, 5.41) is 11.6. The molecule has 0 radical (unpaired) electrons. The van der Waals surface area contributed by atoms with E-state index in [4.69, 9.17) is 5.11 Å². The lowest BCUT2D eigenvalue weighted by Crippen LogP contribution is -2.42. The Kier molecular flexibility index (Phi) is 5.63. The van der Waals surface area contributed by atoms with Crippen molar-refractivity contribution in [1.82, 2.24) is 15.3 Å². The van der Waals surface area contributed by atoms with E-state index in [0.29, 0.717) is 23.4 Å². The largest absolute Gasteiger partial charge is 0.480 e.